The van der Waals surface area contributed by atoms with Gasteiger partial charge in [0.05, 0.1) is 6.61 Å². The Labute approximate surface area is 142 Å². The lowest BCUT2D eigenvalue weighted by Crippen LogP contribution is -2.44. The van der Waals surface area contributed by atoms with Gasteiger partial charge in [0.15, 0.2) is 17.9 Å². The van der Waals surface area contributed by atoms with E-state index in [-0.39, 0.29) is 6.10 Å². The SMILES string of the molecule is O[C@@H]1[C@H]2OC3(CCCCC3)O[C@@H]2O[C@@H]1[C@H]1COC2(CCCCC2)O1. The highest BCUT2D eigenvalue weighted by molar-refractivity contribution is 5.00. The average Bonchev–Trinajstić information content (AvgIpc) is 3.23. The molecule has 2 aliphatic carbocycles. The summed E-state index contributed by atoms with van der Waals surface area (Å²) in [5.41, 5.74) is 0. The molecule has 2 saturated carbocycles. The van der Waals surface area contributed by atoms with Crippen LogP contribution in [0.25, 0.3) is 0 Å². The van der Waals surface area contributed by atoms with Crippen LogP contribution in [0.15, 0.2) is 0 Å². The third-order valence-corrected chi connectivity index (χ3v) is 6.39. The fourth-order valence-electron chi connectivity index (χ4n) is 5.09. The van der Waals surface area contributed by atoms with Crippen molar-refractivity contribution in [1.82, 2.24) is 0 Å². The van der Waals surface area contributed by atoms with E-state index in [4.69, 9.17) is 23.7 Å². The molecular weight excluding hydrogens is 312 g/mol. The molecule has 0 aromatic rings. The average molecular weight is 340 g/mol. The third-order valence-electron chi connectivity index (χ3n) is 6.39. The molecule has 5 atom stereocenters. The number of aliphatic hydroxyl groups is 1. The number of hydrogen-bond acceptors (Lipinski definition) is 6. The normalized spacial score (nSPS) is 46.6. The maximum absolute atomic E-state index is 10.8. The minimum absolute atomic E-state index is 0.238. The number of fused-ring (bicyclic) bond motifs is 1. The highest BCUT2D eigenvalue weighted by Gasteiger charge is 2.60. The Bertz CT molecular complexity index is 470. The van der Waals surface area contributed by atoms with E-state index in [2.05, 4.69) is 0 Å². The lowest BCUT2D eigenvalue weighted by Gasteiger charge is -2.34. The molecule has 5 fully saturated rings. The van der Waals surface area contributed by atoms with Crippen LogP contribution in [-0.4, -0.2) is 54.0 Å². The summed E-state index contributed by atoms with van der Waals surface area (Å²) in [7, 11) is 0. The Hall–Kier alpha value is -0.240. The molecule has 3 heterocycles. The van der Waals surface area contributed by atoms with Crippen LogP contribution < -0.4 is 0 Å². The van der Waals surface area contributed by atoms with Crippen molar-refractivity contribution >= 4 is 0 Å². The molecule has 0 unspecified atom stereocenters. The van der Waals surface area contributed by atoms with Crippen molar-refractivity contribution in [1.29, 1.82) is 0 Å². The topological polar surface area (TPSA) is 66.4 Å². The Kier molecular flexibility index (Phi) is 3.92. The molecule has 1 N–H and O–H groups in total. The summed E-state index contributed by atoms with van der Waals surface area (Å²) in [5.74, 6) is -0.979. The Morgan fingerprint density at radius 2 is 1.38 bits per heavy atom. The second-order valence-corrected chi connectivity index (χ2v) is 8.07. The van der Waals surface area contributed by atoms with E-state index >= 15 is 0 Å². The van der Waals surface area contributed by atoms with E-state index in [0.29, 0.717) is 6.61 Å². The molecule has 5 rings (SSSR count). The van der Waals surface area contributed by atoms with Crippen molar-refractivity contribution in [3.8, 4) is 0 Å². The van der Waals surface area contributed by atoms with Gasteiger partial charge in [0.25, 0.3) is 0 Å². The summed E-state index contributed by atoms with van der Waals surface area (Å²) < 4.78 is 30.5. The molecule has 3 saturated heterocycles. The number of hydrogen-bond donors (Lipinski definition) is 1. The number of ether oxygens (including phenoxy) is 5. The lowest BCUT2D eigenvalue weighted by molar-refractivity contribution is -0.259. The first kappa shape index (κ1) is 16.0. The number of aliphatic hydroxyl groups excluding tert-OH is 1. The molecular formula is C18H28O6. The van der Waals surface area contributed by atoms with Gasteiger partial charge in [0, 0.05) is 25.7 Å². The monoisotopic (exact) mass is 340 g/mol. The molecule has 24 heavy (non-hydrogen) atoms. The zero-order valence-electron chi connectivity index (χ0n) is 14.2. The first-order valence-electron chi connectivity index (χ1n) is 9.70. The highest BCUT2D eigenvalue weighted by Crippen LogP contribution is 2.47. The predicted molar refractivity (Wildman–Crippen MR) is 83.1 cm³/mol. The van der Waals surface area contributed by atoms with Crippen molar-refractivity contribution in [2.24, 2.45) is 0 Å². The van der Waals surface area contributed by atoms with Crippen LogP contribution in [0, 0.1) is 0 Å². The van der Waals surface area contributed by atoms with Gasteiger partial charge in [-0.1, -0.05) is 12.8 Å². The summed E-state index contributed by atoms with van der Waals surface area (Å²) in [5, 5.41) is 10.8. The minimum Gasteiger partial charge on any atom is -0.387 e. The van der Waals surface area contributed by atoms with Gasteiger partial charge in [0.2, 0.25) is 0 Å². The second-order valence-electron chi connectivity index (χ2n) is 8.07. The van der Waals surface area contributed by atoms with Crippen molar-refractivity contribution in [2.75, 3.05) is 6.61 Å². The van der Waals surface area contributed by atoms with Crippen LogP contribution in [0.2, 0.25) is 0 Å². The van der Waals surface area contributed by atoms with Gasteiger partial charge in [-0.2, -0.15) is 0 Å². The summed E-state index contributed by atoms with van der Waals surface area (Å²) in [6.07, 6.45) is 8.38. The van der Waals surface area contributed by atoms with E-state index in [1.54, 1.807) is 0 Å². The minimum atomic E-state index is -0.719. The standard InChI is InChI=1S/C18H28O6/c19-13-14(12-11-20-17(22-12)7-3-1-4-8-17)21-16-15(13)23-18(24-16)9-5-2-6-10-18/h12-16,19H,1-11H2/t12-,13+,14-,15-,16+/m1/s1. The summed E-state index contributed by atoms with van der Waals surface area (Å²) >= 11 is 0. The predicted octanol–water partition coefficient (Wildman–Crippen LogP) is 2.22. The molecule has 0 radical (unpaired) electrons. The number of rotatable bonds is 1. The maximum atomic E-state index is 10.8. The van der Waals surface area contributed by atoms with E-state index in [9.17, 15) is 5.11 Å². The Balaban J connectivity index is 1.24. The van der Waals surface area contributed by atoms with Crippen LogP contribution in [0.3, 0.4) is 0 Å². The maximum Gasteiger partial charge on any atom is 0.190 e. The lowest BCUT2D eigenvalue weighted by atomic mass is 9.94. The fraction of sp³-hybridized carbons (Fsp3) is 1.00. The quantitative estimate of drug-likeness (QED) is 0.789. The summed E-state index contributed by atoms with van der Waals surface area (Å²) in [6, 6.07) is 0. The zero-order chi connectivity index (χ0) is 16.2. The molecule has 0 aromatic carbocycles. The highest BCUT2D eigenvalue weighted by atomic mass is 16.8. The Morgan fingerprint density at radius 3 is 2.04 bits per heavy atom. The molecule has 136 valence electrons. The van der Waals surface area contributed by atoms with E-state index in [1.165, 1.54) is 12.8 Å². The first-order valence-corrected chi connectivity index (χ1v) is 9.70. The molecule has 6 nitrogen and oxygen atoms in total. The van der Waals surface area contributed by atoms with Crippen molar-refractivity contribution < 1.29 is 28.8 Å². The second kappa shape index (κ2) is 5.89. The van der Waals surface area contributed by atoms with Crippen molar-refractivity contribution in [3.05, 3.63) is 0 Å². The largest absolute Gasteiger partial charge is 0.387 e. The molecule has 6 heteroatoms. The van der Waals surface area contributed by atoms with Gasteiger partial charge in [-0.05, 0) is 25.7 Å². The van der Waals surface area contributed by atoms with Crippen molar-refractivity contribution in [2.45, 2.75) is 106 Å². The van der Waals surface area contributed by atoms with Crippen LogP contribution in [0.5, 0.6) is 0 Å². The first-order chi connectivity index (χ1) is 11.7. The summed E-state index contributed by atoms with van der Waals surface area (Å²) in [4.78, 5) is 0. The van der Waals surface area contributed by atoms with Crippen LogP contribution in [0.4, 0.5) is 0 Å². The van der Waals surface area contributed by atoms with Crippen LogP contribution in [-0.2, 0) is 23.7 Å². The van der Waals surface area contributed by atoms with E-state index < -0.39 is 36.2 Å². The van der Waals surface area contributed by atoms with Crippen LogP contribution in [0.1, 0.15) is 64.2 Å². The van der Waals surface area contributed by atoms with Crippen molar-refractivity contribution in [3.63, 3.8) is 0 Å². The molecule has 0 amide bonds. The van der Waals surface area contributed by atoms with Gasteiger partial charge in [-0.3, -0.25) is 0 Å². The van der Waals surface area contributed by atoms with E-state index in [1.807, 2.05) is 0 Å². The fourth-order valence-corrected chi connectivity index (χ4v) is 5.09. The molecule has 0 bridgehead atoms. The molecule has 2 spiro atoms. The molecule has 3 aliphatic heterocycles. The molecule has 5 aliphatic rings. The van der Waals surface area contributed by atoms with Crippen LogP contribution >= 0.6 is 0 Å². The van der Waals surface area contributed by atoms with Gasteiger partial charge >= 0.3 is 0 Å². The third kappa shape index (κ3) is 2.54. The smallest absolute Gasteiger partial charge is 0.190 e. The van der Waals surface area contributed by atoms with Gasteiger partial charge in [-0.25, -0.2) is 0 Å². The summed E-state index contributed by atoms with van der Waals surface area (Å²) in [6.45, 7) is 0.478. The van der Waals surface area contributed by atoms with Gasteiger partial charge in [0.1, 0.15) is 24.4 Å². The zero-order valence-corrected chi connectivity index (χ0v) is 14.2. The van der Waals surface area contributed by atoms with Gasteiger partial charge in [-0.15, -0.1) is 0 Å². The Morgan fingerprint density at radius 1 is 0.708 bits per heavy atom. The van der Waals surface area contributed by atoms with Gasteiger partial charge < -0.3 is 28.8 Å². The van der Waals surface area contributed by atoms with E-state index in [0.717, 1.165) is 51.4 Å². The molecule has 0 aromatic heterocycles.